The molecule has 1 aliphatic heterocycles. The monoisotopic (exact) mass is 787 g/mol. The average Bonchev–Trinajstić information content (AvgIpc) is 3.54. The largest absolute Gasteiger partial charge is 0.471 e. The van der Waals surface area contributed by atoms with Gasteiger partial charge in [0, 0.05) is 35.2 Å². The van der Waals surface area contributed by atoms with E-state index < -0.39 is 44.1 Å². The normalized spacial score (nSPS) is 22.8. The number of aliphatic hydroxyl groups excluding tert-OH is 1. The van der Waals surface area contributed by atoms with Gasteiger partial charge in [0.2, 0.25) is 0 Å². The predicted molar refractivity (Wildman–Crippen MR) is 212 cm³/mol. The standard InChI is InChI=1S/C43H57ClF3NO5Si/c1-7-52-39(50)32(3)22-24-34-16-14-27-42(48(34)40(51)43(45,46)47)28-15-21-38(42)31(2)23-25-35(49)30-33(44)26-29-53-54(41(4,5)6,36-17-10-8-11-18-36)37-19-12-9-13-20-37/h8-13,17-20,22-23,25,30-31,34-35,38,49H,7,14-16,21,24,26-29H2,1-6H3/b25-23+,32-22+,33-30-/t31-,34+,35+,38+,42+/m0/s1. The van der Waals surface area contributed by atoms with Crippen LogP contribution >= 0.6 is 11.6 Å². The lowest BCUT2D eigenvalue weighted by molar-refractivity contribution is -0.201. The van der Waals surface area contributed by atoms with Crippen molar-refractivity contribution in [3.05, 3.63) is 95.6 Å². The Labute approximate surface area is 325 Å². The third kappa shape index (κ3) is 9.97. The molecule has 54 heavy (non-hydrogen) atoms. The summed E-state index contributed by atoms with van der Waals surface area (Å²) in [6, 6.07) is 19.9. The van der Waals surface area contributed by atoms with Gasteiger partial charge in [-0.05, 0) is 85.7 Å². The lowest BCUT2D eigenvalue weighted by Crippen LogP contribution is -2.66. The first-order valence-corrected chi connectivity index (χ1v) is 21.5. The molecule has 5 atom stereocenters. The molecule has 0 radical (unpaired) electrons. The fourth-order valence-electron chi connectivity index (χ4n) is 8.88. The van der Waals surface area contributed by atoms with Crippen molar-refractivity contribution in [1.29, 1.82) is 0 Å². The number of likely N-dealkylation sites (tertiary alicyclic amines) is 1. The minimum atomic E-state index is -5.03. The first-order chi connectivity index (χ1) is 25.5. The van der Waals surface area contributed by atoms with Crippen LogP contribution < -0.4 is 10.4 Å². The van der Waals surface area contributed by atoms with Crippen LogP contribution in [0.2, 0.25) is 5.04 Å². The van der Waals surface area contributed by atoms with E-state index in [1.807, 2.05) is 49.4 Å². The van der Waals surface area contributed by atoms with Crippen LogP contribution in [0.25, 0.3) is 0 Å². The molecule has 1 saturated heterocycles. The fourth-order valence-corrected chi connectivity index (χ4v) is 13.7. The first kappa shape index (κ1) is 43.5. The fraction of sp³-hybridized carbons (Fsp3) is 0.535. The number of rotatable bonds is 14. The van der Waals surface area contributed by atoms with Crippen LogP contribution in [-0.2, 0) is 18.8 Å². The summed E-state index contributed by atoms with van der Waals surface area (Å²) in [5.41, 5.74) is -0.674. The number of carbonyl (C=O) groups excluding carboxylic acids is 2. The third-order valence-electron chi connectivity index (χ3n) is 11.2. The van der Waals surface area contributed by atoms with E-state index in [-0.39, 0.29) is 29.9 Å². The number of ether oxygens (including phenoxy) is 1. The van der Waals surface area contributed by atoms with E-state index in [2.05, 4.69) is 45.0 Å². The average molecular weight is 788 g/mol. The lowest BCUT2D eigenvalue weighted by Gasteiger charge is -2.54. The second-order valence-corrected chi connectivity index (χ2v) is 20.6. The van der Waals surface area contributed by atoms with Gasteiger partial charge in [-0.3, -0.25) is 4.79 Å². The number of esters is 1. The second-order valence-electron chi connectivity index (χ2n) is 15.8. The molecule has 1 saturated carbocycles. The Balaban J connectivity index is 1.50. The number of hydrogen-bond donors (Lipinski definition) is 1. The van der Waals surface area contributed by atoms with Gasteiger partial charge in [-0.25, -0.2) is 4.79 Å². The molecule has 4 rings (SSSR count). The number of benzene rings is 2. The van der Waals surface area contributed by atoms with Crippen molar-refractivity contribution in [3.63, 3.8) is 0 Å². The van der Waals surface area contributed by atoms with Crippen LogP contribution in [-0.4, -0.2) is 67.3 Å². The van der Waals surface area contributed by atoms with Gasteiger partial charge >= 0.3 is 18.1 Å². The number of piperidine rings is 1. The van der Waals surface area contributed by atoms with Gasteiger partial charge in [-0.2, -0.15) is 13.2 Å². The van der Waals surface area contributed by atoms with Gasteiger partial charge in [0.1, 0.15) is 0 Å². The first-order valence-electron chi connectivity index (χ1n) is 19.2. The molecule has 2 aromatic rings. The maximum Gasteiger partial charge on any atom is 0.471 e. The van der Waals surface area contributed by atoms with Crippen LogP contribution in [0, 0.1) is 11.8 Å². The summed E-state index contributed by atoms with van der Waals surface area (Å²) < 4.78 is 54.6. The van der Waals surface area contributed by atoms with Crippen LogP contribution in [0.15, 0.2) is 95.6 Å². The number of aliphatic hydroxyl groups is 1. The van der Waals surface area contributed by atoms with Crippen molar-refractivity contribution in [2.75, 3.05) is 13.2 Å². The lowest BCUT2D eigenvalue weighted by atomic mass is 9.70. The van der Waals surface area contributed by atoms with E-state index in [9.17, 15) is 27.9 Å². The molecular formula is C43H57ClF3NO5Si. The quantitative estimate of drug-likeness (QED) is 0.0896. The number of carbonyl (C=O) groups is 2. The number of allylic oxidation sites excluding steroid dienone is 1. The molecule has 0 bridgehead atoms. The molecule has 1 aliphatic carbocycles. The van der Waals surface area contributed by atoms with Crippen molar-refractivity contribution < 1.29 is 37.0 Å². The minimum absolute atomic E-state index is 0.132. The number of alkyl halides is 3. The zero-order valence-corrected chi connectivity index (χ0v) is 34.3. The summed E-state index contributed by atoms with van der Waals surface area (Å²) in [4.78, 5) is 26.5. The van der Waals surface area contributed by atoms with E-state index >= 15 is 0 Å². The van der Waals surface area contributed by atoms with Crippen LogP contribution in [0.1, 0.15) is 92.9 Å². The van der Waals surface area contributed by atoms with E-state index in [1.54, 1.807) is 32.1 Å². The maximum absolute atomic E-state index is 14.2. The SMILES string of the molecule is CCOC(=O)/C(C)=C/C[C@H]1CCC[C@]2(CCC[C@@H]2[C@@H](C)/C=C/[C@@H](O)/C=C(\Cl)CCO[Si](c2ccccc2)(c2ccccc2)C(C)(C)C)N1C(=O)C(F)(F)F. The number of amides is 1. The Bertz CT molecular complexity index is 1600. The molecule has 2 aromatic carbocycles. The van der Waals surface area contributed by atoms with Crippen molar-refractivity contribution >= 4 is 42.2 Å². The predicted octanol–water partition coefficient (Wildman–Crippen LogP) is 9.01. The highest BCUT2D eigenvalue weighted by Gasteiger charge is 2.58. The summed E-state index contributed by atoms with van der Waals surface area (Å²) in [5.74, 6) is -2.82. The Hall–Kier alpha value is -3.18. The summed E-state index contributed by atoms with van der Waals surface area (Å²) in [6.07, 6.45) is 4.46. The zero-order chi connectivity index (χ0) is 39.7. The van der Waals surface area contributed by atoms with Crippen molar-refractivity contribution in [2.45, 2.75) is 122 Å². The van der Waals surface area contributed by atoms with Crippen LogP contribution in [0.5, 0.6) is 0 Å². The van der Waals surface area contributed by atoms with Gasteiger partial charge in [0.15, 0.2) is 0 Å². The van der Waals surface area contributed by atoms with Crippen molar-refractivity contribution in [1.82, 2.24) is 4.90 Å². The Morgan fingerprint density at radius 1 is 1.00 bits per heavy atom. The smallest absolute Gasteiger partial charge is 0.463 e. The van der Waals surface area contributed by atoms with Gasteiger partial charge in [0.05, 0.1) is 12.7 Å². The molecule has 1 amide bonds. The number of halogens is 4. The van der Waals surface area contributed by atoms with Crippen molar-refractivity contribution in [3.8, 4) is 0 Å². The van der Waals surface area contributed by atoms with Gasteiger partial charge in [-0.15, -0.1) is 0 Å². The Kier molecular flexibility index (Phi) is 15.0. The van der Waals surface area contributed by atoms with Gasteiger partial charge in [0.25, 0.3) is 8.32 Å². The summed E-state index contributed by atoms with van der Waals surface area (Å²) in [6.45, 7) is 12.4. The molecule has 11 heteroatoms. The highest BCUT2D eigenvalue weighted by atomic mass is 35.5. The molecule has 2 fully saturated rings. The third-order valence-corrected chi connectivity index (χ3v) is 16.6. The molecule has 0 aromatic heterocycles. The van der Waals surface area contributed by atoms with E-state index in [0.29, 0.717) is 62.2 Å². The molecule has 296 valence electrons. The molecule has 1 N–H and O–H groups in total. The molecule has 6 nitrogen and oxygen atoms in total. The molecule has 0 unspecified atom stereocenters. The summed E-state index contributed by atoms with van der Waals surface area (Å²) >= 11 is 6.69. The number of hydrogen-bond acceptors (Lipinski definition) is 5. The minimum Gasteiger partial charge on any atom is -0.463 e. The van der Waals surface area contributed by atoms with Crippen LogP contribution in [0.3, 0.4) is 0 Å². The van der Waals surface area contributed by atoms with E-state index in [0.717, 1.165) is 15.3 Å². The van der Waals surface area contributed by atoms with Crippen LogP contribution in [0.4, 0.5) is 13.2 Å². The maximum atomic E-state index is 14.2. The summed E-state index contributed by atoms with van der Waals surface area (Å²) in [5, 5.41) is 13.6. The number of nitrogens with zero attached hydrogens (tertiary/aromatic N) is 1. The molecular weight excluding hydrogens is 731 g/mol. The van der Waals surface area contributed by atoms with E-state index in [4.69, 9.17) is 20.8 Å². The molecule has 1 heterocycles. The molecule has 2 aliphatic rings. The highest BCUT2D eigenvalue weighted by molar-refractivity contribution is 6.99. The van der Waals surface area contributed by atoms with Gasteiger partial charge < -0.3 is 19.2 Å². The van der Waals surface area contributed by atoms with Gasteiger partial charge in [-0.1, -0.05) is 125 Å². The molecule has 1 spiro atoms. The van der Waals surface area contributed by atoms with E-state index in [1.165, 1.54) is 0 Å². The Morgan fingerprint density at radius 2 is 1.57 bits per heavy atom. The zero-order valence-electron chi connectivity index (χ0n) is 32.5. The second kappa shape index (κ2) is 18.6. The van der Waals surface area contributed by atoms with Crippen molar-refractivity contribution in [2.24, 2.45) is 11.8 Å². The summed E-state index contributed by atoms with van der Waals surface area (Å²) in [7, 11) is -2.76. The highest BCUT2D eigenvalue weighted by Crippen LogP contribution is 2.52. The topological polar surface area (TPSA) is 76.1 Å². The Morgan fingerprint density at radius 3 is 2.11 bits per heavy atom.